The van der Waals surface area contributed by atoms with Crippen molar-refractivity contribution in [2.45, 2.75) is 6.92 Å². The van der Waals surface area contributed by atoms with E-state index in [0.29, 0.717) is 24.2 Å². The first-order valence-corrected chi connectivity index (χ1v) is 5.71. The highest BCUT2D eigenvalue weighted by molar-refractivity contribution is 5.94. The summed E-state index contributed by atoms with van der Waals surface area (Å²) < 4.78 is 0. The van der Waals surface area contributed by atoms with Crippen molar-refractivity contribution in [2.75, 3.05) is 19.7 Å². The van der Waals surface area contributed by atoms with E-state index >= 15 is 0 Å². The smallest absolute Gasteiger partial charge is 0.252 e. The van der Waals surface area contributed by atoms with E-state index in [1.54, 1.807) is 6.07 Å². The van der Waals surface area contributed by atoms with Crippen LogP contribution in [0.4, 0.5) is 0 Å². The van der Waals surface area contributed by atoms with Crippen LogP contribution in [-0.2, 0) is 4.79 Å². The molecule has 2 amide bonds. The maximum absolute atomic E-state index is 11.8. The molecule has 1 aromatic rings. The Morgan fingerprint density at radius 1 is 1.32 bits per heavy atom. The molecular formula is C13H15N3O3. The molecule has 0 saturated carbocycles. The third kappa shape index (κ3) is 5.66. The summed E-state index contributed by atoms with van der Waals surface area (Å²) in [6.45, 7) is 1.88. The van der Waals surface area contributed by atoms with Gasteiger partial charge < -0.3 is 15.7 Å². The Morgan fingerprint density at radius 3 is 2.74 bits per heavy atom. The van der Waals surface area contributed by atoms with Crippen LogP contribution in [0, 0.1) is 11.8 Å². The highest BCUT2D eigenvalue weighted by Crippen LogP contribution is 2.01. The molecule has 1 rings (SSSR count). The van der Waals surface area contributed by atoms with Crippen LogP contribution in [0.5, 0.6) is 0 Å². The lowest BCUT2D eigenvalue weighted by Crippen LogP contribution is -2.33. The minimum atomic E-state index is -0.287. The van der Waals surface area contributed by atoms with Gasteiger partial charge in [-0.05, 0) is 6.07 Å². The molecule has 6 nitrogen and oxygen atoms in total. The number of pyridine rings is 1. The Balaban J connectivity index is 2.54. The molecular weight excluding hydrogens is 246 g/mol. The van der Waals surface area contributed by atoms with Gasteiger partial charge in [-0.1, -0.05) is 11.8 Å². The molecule has 0 atom stereocenters. The highest BCUT2D eigenvalue weighted by atomic mass is 16.2. The van der Waals surface area contributed by atoms with Crippen LogP contribution >= 0.6 is 0 Å². The second-order valence-corrected chi connectivity index (χ2v) is 3.66. The van der Waals surface area contributed by atoms with Crippen LogP contribution in [0.2, 0.25) is 0 Å². The Hall–Kier alpha value is -2.39. The number of aliphatic hydroxyl groups excluding tert-OH is 1. The molecule has 3 N–H and O–H groups in total. The summed E-state index contributed by atoms with van der Waals surface area (Å²) in [7, 11) is 0. The topological polar surface area (TPSA) is 91.3 Å². The summed E-state index contributed by atoms with van der Waals surface area (Å²) in [6, 6.07) is 1.59. The molecule has 0 spiro atoms. The molecule has 0 bridgehead atoms. The molecule has 0 fully saturated rings. The van der Waals surface area contributed by atoms with Gasteiger partial charge in [0.2, 0.25) is 5.91 Å². The van der Waals surface area contributed by atoms with E-state index in [2.05, 4.69) is 27.5 Å². The number of rotatable bonds is 4. The zero-order valence-electron chi connectivity index (χ0n) is 10.6. The predicted molar refractivity (Wildman–Crippen MR) is 69.2 cm³/mol. The van der Waals surface area contributed by atoms with Crippen molar-refractivity contribution in [1.29, 1.82) is 0 Å². The summed E-state index contributed by atoms with van der Waals surface area (Å²) in [6.07, 6.45) is 2.94. The van der Waals surface area contributed by atoms with Gasteiger partial charge in [0, 0.05) is 38.0 Å². The minimum absolute atomic E-state index is 0.141. The quantitative estimate of drug-likeness (QED) is 0.493. The molecule has 0 aromatic carbocycles. The van der Waals surface area contributed by atoms with E-state index < -0.39 is 0 Å². The number of hydrogen-bond acceptors (Lipinski definition) is 4. The first-order valence-electron chi connectivity index (χ1n) is 5.71. The van der Waals surface area contributed by atoms with Crippen molar-refractivity contribution in [3.8, 4) is 11.8 Å². The van der Waals surface area contributed by atoms with Gasteiger partial charge in [0.1, 0.15) is 6.61 Å². The van der Waals surface area contributed by atoms with Crippen molar-refractivity contribution >= 4 is 11.8 Å². The van der Waals surface area contributed by atoms with Crippen molar-refractivity contribution < 1.29 is 14.7 Å². The van der Waals surface area contributed by atoms with Crippen molar-refractivity contribution in [1.82, 2.24) is 15.6 Å². The molecule has 100 valence electrons. The molecule has 0 saturated heterocycles. The molecule has 0 radical (unpaired) electrons. The number of aliphatic hydroxyl groups is 1. The molecule has 0 unspecified atom stereocenters. The van der Waals surface area contributed by atoms with Gasteiger partial charge in [0.15, 0.2) is 0 Å². The van der Waals surface area contributed by atoms with E-state index in [4.69, 9.17) is 5.11 Å². The molecule has 0 aliphatic heterocycles. The van der Waals surface area contributed by atoms with Gasteiger partial charge in [-0.2, -0.15) is 0 Å². The Morgan fingerprint density at radius 2 is 2.05 bits per heavy atom. The first-order chi connectivity index (χ1) is 9.13. The molecule has 0 aliphatic carbocycles. The summed E-state index contributed by atoms with van der Waals surface area (Å²) in [5, 5.41) is 13.8. The van der Waals surface area contributed by atoms with Gasteiger partial charge in [-0.3, -0.25) is 14.6 Å². The van der Waals surface area contributed by atoms with E-state index in [1.807, 2.05) is 0 Å². The molecule has 1 heterocycles. The fourth-order valence-corrected chi connectivity index (χ4v) is 1.29. The predicted octanol–water partition coefficient (Wildman–Crippen LogP) is -0.709. The van der Waals surface area contributed by atoms with Crippen LogP contribution in [0.3, 0.4) is 0 Å². The third-order valence-corrected chi connectivity index (χ3v) is 2.10. The van der Waals surface area contributed by atoms with E-state index in [9.17, 15) is 9.59 Å². The summed E-state index contributed by atoms with van der Waals surface area (Å²) >= 11 is 0. The van der Waals surface area contributed by atoms with Crippen LogP contribution in [0.15, 0.2) is 18.5 Å². The lowest BCUT2D eigenvalue weighted by molar-refractivity contribution is -0.118. The number of aromatic nitrogens is 1. The third-order valence-electron chi connectivity index (χ3n) is 2.10. The van der Waals surface area contributed by atoms with Crippen molar-refractivity contribution in [3.63, 3.8) is 0 Å². The van der Waals surface area contributed by atoms with E-state index in [-0.39, 0.29) is 18.4 Å². The lowest BCUT2D eigenvalue weighted by atomic mass is 10.2. The van der Waals surface area contributed by atoms with E-state index in [0.717, 1.165) is 0 Å². The Kier molecular flexibility index (Phi) is 6.06. The first kappa shape index (κ1) is 14.7. The lowest BCUT2D eigenvalue weighted by Gasteiger charge is -2.05. The van der Waals surface area contributed by atoms with Crippen LogP contribution in [0.1, 0.15) is 22.8 Å². The average molecular weight is 261 g/mol. The Bertz CT molecular complexity index is 517. The van der Waals surface area contributed by atoms with Gasteiger partial charge in [-0.15, -0.1) is 0 Å². The molecule has 1 aromatic heterocycles. The van der Waals surface area contributed by atoms with Crippen molar-refractivity contribution in [3.05, 3.63) is 29.6 Å². The zero-order chi connectivity index (χ0) is 14.1. The monoisotopic (exact) mass is 261 g/mol. The normalized spacial score (nSPS) is 9.16. The fourth-order valence-electron chi connectivity index (χ4n) is 1.29. The van der Waals surface area contributed by atoms with Gasteiger partial charge >= 0.3 is 0 Å². The standard InChI is InChI=1S/C13H15N3O3/c1-10(18)15-4-5-16-13(19)12-7-11(3-2-6-17)8-14-9-12/h7-9,17H,4-6H2,1H3,(H,15,18)(H,16,19). The summed E-state index contributed by atoms with van der Waals surface area (Å²) in [4.78, 5) is 26.3. The van der Waals surface area contributed by atoms with Gasteiger partial charge in [0.25, 0.3) is 5.91 Å². The summed E-state index contributed by atoms with van der Waals surface area (Å²) in [5.74, 6) is 4.73. The van der Waals surface area contributed by atoms with Gasteiger partial charge in [-0.25, -0.2) is 0 Å². The molecule has 19 heavy (non-hydrogen) atoms. The molecule has 0 aliphatic rings. The average Bonchev–Trinajstić information content (AvgIpc) is 2.41. The zero-order valence-corrected chi connectivity index (χ0v) is 10.6. The number of hydrogen-bond donors (Lipinski definition) is 3. The number of carbonyl (C=O) groups excluding carboxylic acids is 2. The SMILES string of the molecule is CC(=O)NCCNC(=O)c1cncc(C#CCO)c1. The highest BCUT2D eigenvalue weighted by Gasteiger charge is 2.05. The second-order valence-electron chi connectivity index (χ2n) is 3.66. The number of nitrogens with one attached hydrogen (secondary N) is 2. The largest absolute Gasteiger partial charge is 0.384 e. The van der Waals surface area contributed by atoms with Crippen LogP contribution in [0.25, 0.3) is 0 Å². The van der Waals surface area contributed by atoms with Gasteiger partial charge in [0.05, 0.1) is 5.56 Å². The summed E-state index contributed by atoms with van der Waals surface area (Å²) in [5.41, 5.74) is 0.941. The van der Waals surface area contributed by atoms with Crippen LogP contribution in [-0.4, -0.2) is 41.6 Å². The fraction of sp³-hybridized carbons (Fsp3) is 0.308. The second kappa shape index (κ2) is 7.84. The maximum atomic E-state index is 11.8. The Labute approximate surface area is 111 Å². The van der Waals surface area contributed by atoms with Crippen LogP contribution < -0.4 is 10.6 Å². The van der Waals surface area contributed by atoms with E-state index in [1.165, 1.54) is 19.3 Å². The minimum Gasteiger partial charge on any atom is -0.384 e. The van der Waals surface area contributed by atoms with Crippen molar-refractivity contribution in [2.24, 2.45) is 0 Å². The number of amides is 2. The number of carbonyl (C=O) groups is 2. The maximum Gasteiger partial charge on any atom is 0.252 e. The number of nitrogens with zero attached hydrogens (tertiary/aromatic N) is 1. The molecule has 6 heteroatoms.